The zero-order chi connectivity index (χ0) is 16.6. The van der Waals surface area contributed by atoms with Gasteiger partial charge in [-0.3, -0.25) is 4.79 Å². The summed E-state index contributed by atoms with van der Waals surface area (Å²) in [4.78, 5) is 16.5. The molecule has 2 aromatic rings. The number of ether oxygens (including phenoxy) is 1. The van der Waals surface area contributed by atoms with E-state index < -0.39 is 29.1 Å². The molecule has 122 valence electrons. The maximum absolute atomic E-state index is 13.9. The summed E-state index contributed by atoms with van der Waals surface area (Å²) in [6, 6.07) is 1.44. The maximum atomic E-state index is 13.9. The first-order valence-corrected chi connectivity index (χ1v) is 7.17. The Bertz CT molecular complexity index is 744. The average molecular weight is 323 g/mol. The normalized spacial score (nSPS) is 15.3. The van der Waals surface area contributed by atoms with E-state index in [-0.39, 0.29) is 11.6 Å². The van der Waals surface area contributed by atoms with Crippen molar-refractivity contribution in [2.24, 2.45) is 0 Å². The van der Waals surface area contributed by atoms with Gasteiger partial charge < -0.3 is 14.6 Å². The molecule has 8 heteroatoms. The molecular weight excluding hydrogens is 308 g/mol. The fourth-order valence-corrected chi connectivity index (χ4v) is 2.18. The van der Waals surface area contributed by atoms with Crippen LogP contribution in [0.4, 0.5) is 8.78 Å². The number of rotatable bonds is 5. The molecule has 6 nitrogen and oxygen atoms in total. The van der Waals surface area contributed by atoms with Crippen molar-refractivity contribution in [3.63, 3.8) is 0 Å². The van der Waals surface area contributed by atoms with E-state index in [1.807, 2.05) is 0 Å². The summed E-state index contributed by atoms with van der Waals surface area (Å²) < 4.78 is 37.3. The number of halogens is 2. The van der Waals surface area contributed by atoms with Crippen LogP contribution in [0.2, 0.25) is 0 Å². The van der Waals surface area contributed by atoms with Crippen molar-refractivity contribution in [1.82, 2.24) is 15.5 Å². The highest BCUT2D eigenvalue weighted by Gasteiger charge is 2.30. The topological polar surface area (TPSA) is 77.2 Å². The Balaban J connectivity index is 1.79. The Morgan fingerprint density at radius 2 is 2.17 bits per heavy atom. The molecule has 1 amide bonds. The fraction of sp³-hybridized carbons (Fsp3) is 0.400. The predicted octanol–water partition coefficient (Wildman–Crippen LogP) is 2.72. The first-order valence-electron chi connectivity index (χ1n) is 7.17. The summed E-state index contributed by atoms with van der Waals surface area (Å²) in [7, 11) is 1.27. The second kappa shape index (κ2) is 5.94. The van der Waals surface area contributed by atoms with E-state index in [4.69, 9.17) is 9.26 Å². The van der Waals surface area contributed by atoms with E-state index in [1.165, 1.54) is 13.2 Å². The molecule has 3 rings (SSSR count). The Kier molecular flexibility index (Phi) is 3.97. The van der Waals surface area contributed by atoms with Gasteiger partial charge in [0, 0.05) is 5.92 Å². The maximum Gasteiger partial charge on any atom is 0.258 e. The molecule has 0 spiro atoms. The van der Waals surface area contributed by atoms with Gasteiger partial charge in [0.1, 0.15) is 17.4 Å². The predicted molar refractivity (Wildman–Crippen MR) is 75.1 cm³/mol. The van der Waals surface area contributed by atoms with Gasteiger partial charge in [-0.15, -0.1) is 0 Å². The summed E-state index contributed by atoms with van der Waals surface area (Å²) in [5.74, 6) is -2.13. The van der Waals surface area contributed by atoms with Gasteiger partial charge in [0.2, 0.25) is 5.89 Å². The van der Waals surface area contributed by atoms with E-state index in [2.05, 4.69) is 15.5 Å². The van der Waals surface area contributed by atoms with Gasteiger partial charge in [0.05, 0.1) is 7.11 Å². The van der Waals surface area contributed by atoms with Gasteiger partial charge >= 0.3 is 0 Å². The highest BCUT2D eigenvalue weighted by Crippen LogP contribution is 2.38. The van der Waals surface area contributed by atoms with Crippen LogP contribution in [0.3, 0.4) is 0 Å². The Morgan fingerprint density at radius 3 is 2.83 bits per heavy atom. The molecule has 1 atom stereocenters. The van der Waals surface area contributed by atoms with E-state index in [9.17, 15) is 13.6 Å². The minimum absolute atomic E-state index is 0.0576. The molecule has 0 saturated heterocycles. The van der Waals surface area contributed by atoms with Crippen molar-refractivity contribution >= 4 is 5.91 Å². The third-order valence-corrected chi connectivity index (χ3v) is 3.62. The molecule has 1 aromatic heterocycles. The largest absolute Gasteiger partial charge is 0.496 e. The quantitative estimate of drug-likeness (QED) is 0.915. The lowest BCUT2D eigenvalue weighted by atomic mass is 10.1. The summed E-state index contributed by atoms with van der Waals surface area (Å²) in [6.07, 6.45) is 2.04. The summed E-state index contributed by atoms with van der Waals surface area (Å²) in [5.41, 5.74) is -0.499. The molecule has 1 aliphatic rings. The molecule has 1 N–H and O–H groups in total. The molecule has 1 fully saturated rings. The van der Waals surface area contributed by atoms with Crippen molar-refractivity contribution in [3.8, 4) is 5.75 Å². The minimum atomic E-state index is -1.27. The molecule has 0 aliphatic heterocycles. The van der Waals surface area contributed by atoms with E-state index in [0.29, 0.717) is 11.7 Å². The number of hydrogen-bond donors (Lipinski definition) is 1. The molecule has 1 aliphatic carbocycles. The fourth-order valence-electron chi connectivity index (χ4n) is 2.18. The van der Waals surface area contributed by atoms with E-state index in [1.54, 1.807) is 6.92 Å². The monoisotopic (exact) mass is 323 g/mol. The minimum Gasteiger partial charge on any atom is -0.496 e. The van der Waals surface area contributed by atoms with Gasteiger partial charge in [0.25, 0.3) is 5.91 Å². The lowest BCUT2D eigenvalue weighted by molar-refractivity contribution is 0.0924. The lowest BCUT2D eigenvalue weighted by Crippen LogP contribution is -2.28. The van der Waals surface area contributed by atoms with Gasteiger partial charge in [-0.25, -0.2) is 8.78 Å². The van der Waals surface area contributed by atoms with Crippen molar-refractivity contribution < 1.29 is 22.8 Å². The van der Waals surface area contributed by atoms with E-state index in [0.717, 1.165) is 18.9 Å². The molecule has 1 heterocycles. The summed E-state index contributed by atoms with van der Waals surface area (Å²) in [5, 5.41) is 6.35. The second-order valence-corrected chi connectivity index (χ2v) is 5.40. The first-order chi connectivity index (χ1) is 11.0. The van der Waals surface area contributed by atoms with Gasteiger partial charge in [-0.05, 0) is 31.9 Å². The highest BCUT2D eigenvalue weighted by atomic mass is 19.2. The molecule has 0 radical (unpaired) electrons. The van der Waals surface area contributed by atoms with Crippen molar-refractivity contribution in [2.45, 2.75) is 31.7 Å². The van der Waals surface area contributed by atoms with Crippen LogP contribution in [0.15, 0.2) is 16.7 Å². The smallest absolute Gasteiger partial charge is 0.258 e. The van der Waals surface area contributed by atoms with Crippen LogP contribution in [-0.2, 0) is 0 Å². The zero-order valence-electron chi connectivity index (χ0n) is 12.6. The zero-order valence-corrected chi connectivity index (χ0v) is 12.6. The molecule has 1 aromatic carbocycles. The summed E-state index contributed by atoms with van der Waals surface area (Å²) in [6.45, 7) is 1.62. The number of methoxy groups -OCH3 is 1. The van der Waals surface area contributed by atoms with Crippen LogP contribution in [0.5, 0.6) is 5.75 Å². The van der Waals surface area contributed by atoms with Crippen molar-refractivity contribution in [2.75, 3.05) is 7.11 Å². The lowest BCUT2D eigenvalue weighted by Gasteiger charge is -2.13. The average Bonchev–Trinajstić information content (AvgIpc) is 3.26. The Morgan fingerprint density at radius 1 is 1.43 bits per heavy atom. The van der Waals surface area contributed by atoms with Crippen LogP contribution in [0.1, 0.15) is 53.8 Å². The van der Waals surface area contributed by atoms with E-state index >= 15 is 0 Å². The molecule has 1 unspecified atom stereocenters. The van der Waals surface area contributed by atoms with Gasteiger partial charge in [-0.2, -0.15) is 4.98 Å². The standard InChI is InChI=1S/C15H15F2N3O3/c1-7(15-19-13(20-23-15)8-3-4-8)18-14(21)11-10(22-2)6-5-9(16)12(11)17/h5-8H,3-4H2,1-2H3,(H,18,21). The Labute approximate surface area is 130 Å². The molecule has 0 bridgehead atoms. The number of nitrogens with one attached hydrogen (secondary N) is 1. The number of amides is 1. The third-order valence-electron chi connectivity index (χ3n) is 3.62. The SMILES string of the molecule is COc1ccc(F)c(F)c1C(=O)NC(C)c1nc(C2CC2)no1. The number of benzene rings is 1. The van der Waals surface area contributed by atoms with Gasteiger partial charge in [0.15, 0.2) is 17.5 Å². The van der Waals surface area contributed by atoms with Crippen LogP contribution >= 0.6 is 0 Å². The number of nitrogens with zero attached hydrogens (tertiary/aromatic N) is 2. The van der Waals surface area contributed by atoms with Crippen molar-refractivity contribution in [1.29, 1.82) is 0 Å². The molecule has 1 saturated carbocycles. The van der Waals surface area contributed by atoms with Gasteiger partial charge in [-0.1, -0.05) is 5.16 Å². The van der Waals surface area contributed by atoms with Crippen LogP contribution < -0.4 is 10.1 Å². The van der Waals surface area contributed by atoms with Crippen LogP contribution in [0, 0.1) is 11.6 Å². The first kappa shape index (κ1) is 15.4. The van der Waals surface area contributed by atoms with Crippen molar-refractivity contribution in [3.05, 3.63) is 41.0 Å². The number of hydrogen-bond acceptors (Lipinski definition) is 5. The number of carbonyl (C=O) groups excluding carboxylic acids is 1. The number of aromatic nitrogens is 2. The molecular formula is C15H15F2N3O3. The Hall–Kier alpha value is -2.51. The van der Waals surface area contributed by atoms with Crippen LogP contribution in [-0.4, -0.2) is 23.2 Å². The highest BCUT2D eigenvalue weighted by molar-refractivity contribution is 5.97. The molecule has 23 heavy (non-hydrogen) atoms. The second-order valence-electron chi connectivity index (χ2n) is 5.40. The summed E-state index contributed by atoms with van der Waals surface area (Å²) >= 11 is 0. The third kappa shape index (κ3) is 3.01. The van der Waals surface area contributed by atoms with Crippen LogP contribution in [0.25, 0.3) is 0 Å². The number of carbonyl (C=O) groups is 1.